The Bertz CT molecular complexity index is 1370. The predicted octanol–water partition coefficient (Wildman–Crippen LogP) is 4.83. The number of rotatable bonds is 6. The number of hydrogen-bond acceptors (Lipinski definition) is 7. The first-order chi connectivity index (χ1) is 17.2. The van der Waals surface area contributed by atoms with Crippen molar-refractivity contribution in [3.05, 3.63) is 63.5 Å². The summed E-state index contributed by atoms with van der Waals surface area (Å²) in [5, 5.41) is 5.84. The maximum atomic E-state index is 13.0. The van der Waals surface area contributed by atoms with E-state index in [0.717, 1.165) is 0 Å². The Kier molecular flexibility index (Phi) is 8.16. The molecule has 1 N–H and O–H groups in total. The van der Waals surface area contributed by atoms with Crippen molar-refractivity contribution in [1.82, 2.24) is 14.2 Å². The number of amides is 2. The van der Waals surface area contributed by atoms with Gasteiger partial charge in [-0.25, -0.2) is 18.2 Å². The molecule has 0 aliphatic carbocycles. The van der Waals surface area contributed by atoms with Crippen LogP contribution in [0.25, 0.3) is 11.3 Å². The number of hydrogen-bond donors (Lipinski definition) is 1. The Morgan fingerprint density at radius 2 is 1.78 bits per heavy atom. The van der Waals surface area contributed by atoms with Gasteiger partial charge in [-0.05, 0) is 49.4 Å². The summed E-state index contributed by atoms with van der Waals surface area (Å²) in [7, 11) is -3.77. The summed E-state index contributed by atoms with van der Waals surface area (Å²) in [6.07, 6.45) is -0.451. The molecule has 36 heavy (non-hydrogen) atoms. The number of piperazine rings is 1. The number of benzene rings is 2. The summed E-state index contributed by atoms with van der Waals surface area (Å²) >= 11 is 13.5. The minimum absolute atomic E-state index is 0.0655. The fraction of sp³-hybridized carbons (Fsp3) is 0.261. The standard InChI is InChI=1S/C23H22Cl2N4O5S2/c1-2-34-23(31)28-9-11-29(12-10-28)36(32,33)17-6-3-15(4-7-17)21(30)27-22-26-20(14-35-22)18-13-16(24)5-8-19(18)25/h3-8,13-14H,2,9-12H2,1H3,(H,26,27,30). The number of carbonyl (C=O) groups is 2. The predicted molar refractivity (Wildman–Crippen MR) is 139 cm³/mol. The van der Waals surface area contributed by atoms with Crippen LogP contribution < -0.4 is 5.32 Å². The third kappa shape index (κ3) is 5.81. The molecule has 4 rings (SSSR count). The molecule has 2 heterocycles. The second-order valence-electron chi connectivity index (χ2n) is 7.73. The lowest BCUT2D eigenvalue weighted by Crippen LogP contribution is -2.50. The highest BCUT2D eigenvalue weighted by atomic mass is 35.5. The maximum absolute atomic E-state index is 13.0. The summed E-state index contributed by atoms with van der Waals surface area (Å²) in [5.41, 5.74) is 1.50. The molecule has 0 saturated carbocycles. The van der Waals surface area contributed by atoms with Crippen molar-refractivity contribution >= 4 is 61.7 Å². The number of ether oxygens (including phenoxy) is 1. The number of anilines is 1. The summed E-state index contributed by atoms with van der Waals surface area (Å²) < 4.78 is 32.3. The zero-order valence-corrected chi connectivity index (χ0v) is 22.3. The van der Waals surface area contributed by atoms with Crippen molar-refractivity contribution in [2.45, 2.75) is 11.8 Å². The van der Waals surface area contributed by atoms with E-state index < -0.39 is 22.0 Å². The highest BCUT2D eigenvalue weighted by Gasteiger charge is 2.30. The molecule has 0 bridgehead atoms. The minimum atomic E-state index is -3.77. The molecule has 2 amide bonds. The van der Waals surface area contributed by atoms with Gasteiger partial charge < -0.3 is 9.64 Å². The number of nitrogens with one attached hydrogen (secondary N) is 1. The lowest BCUT2D eigenvalue weighted by molar-refractivity contribution is 0.0933. The van der Waals surface area contributed by atoms with Crippen molar-refractivity contribution < 1.29 is 22.7 Å². The Balaban J connectivity index is 1.40. The van der Waals surface area contributed by atoms with E-state index in [1.807, 2.05) is 0 Å². The normalized spacial score (nSPS) is 14.5. The molecule has 0 unspecified atom stereocenters. The number of thiazole rings is 1. The van der Waals surface area contributed by atoms with Crippen LogP contribution in [0.3, 0.4) is 0 Å². The summed E-state index contributed by atoms with van der Waals surface area (Å²) in [6.45, 7) is 2.79. The van der Waals surface area contributed by atoms with Gasteiger partial charge in [0.2, 0.25) is 10.0 Å². The SMILES string of the molecule is CCOC(=O)N1CCN(S(=O)(=O)c2ccc(C(=O)Nc3nc(-c4cc(Cl)ccc4Cl)cs3)cc2)CC1. The molecular weight excluding hydrogens is 547 g/mol. The second-order valence-corrected chi connectivity index (χ2v) is 11.4. The zero-order chi connectivity index (χ0) is 25.9. The van der Waals surface area contributed by atoms with Crippen molar-refractivity contribution in [2.24, 2.45) is 0 Å². The van der Waals surface area contributed by atoms with E-state index >= 15 is 0 Å². The molecule has 3 aromatic rings. The van der Waals surface area contributed by atoms with Gasteiger partial charge in [-0.2, -0.15) is 4.31 Å². The van der Waals surface area contributed by atoms with Crippen molar-refractivity contribution in [1.29, 1.82) is 0 Å². The van der Waals surface area contributed by atoms with E-state index in [4.69, 9.17) is 27.9 Å². The third-order valence-corrected chi connectivity index (χ3v) is 8.68. The Morgan fingerprint density at radius 1 is 1.08 bits per heavy atom. The van der Waals surface area contributed by atoms with Crippen molar-refractivity contribution in [3.8, 4) is 11.3 Å². The smallest absolute Gasteiger partial charge is 0.409 e. The van der Waals surface area contributed by atoms with Crippen LogP contribution in [0.2, 0.25) is 10.0 Å². The van der Waals surface area contributed by atoms with Crippen molar-refractivity contribution in [2.75, 3.05) is 38.1 Å². The van der Waals surface area contributed by atoms with Gasteiger partial charge in [0.25, 0.3) is 5.91 Å². The molecule has 1 aliphatic rings. The quantitative estimate of drug-likeness (QED) is 0.456. The lowest BCUT2D eigenvalue weighted by Gasteiger charge is -2.33. The Labute approximate surface area is 222 Å². The summed E-state index contributed by atoms with van der Waals surface area (Å²) in [6, 6.07) is 10.7. The first kappa shape index (κ1) is 26.4. The molecule has 0 spiro atoms. The van der Waals surface area contributed by atoms with Gasteiger partial charge in [0.1, 0.15) is 0 Å². The molecule has 2 aromatic carbocycles. The van der Waals surface area contributed by atoms with Gasteiger partial charge in [0.05, 0.1) is 22.2 Å². The molecule has 1 aliphatic heterocycles. The highest BCUT2D eigenvalue weighted by molar-refractivity contribution is 7.89. The average molecular weight is 569 g/mol. The maximum Gasteiger partial charge on any atom is 0.409 e. The number of nitrogens with zero attached hydrogens (tertiary/aromatic N) is 3. The molecule has 0 radical (unpaired) electrons. The molecule has 0 atom stereocenters. The van der Waals surface area contributed by atoms with E-state index in [9.17, 15) is 18.0 Å². The topological polar surface area (TPSA) is 109 Å². The van der Waals surface area contributed by atoms with Gasteiger partial charge in [-0.3, -0.25) is 10.1 Å². The van der Waals surface area contributed by atoms with Crippen LogP contribution in [0.4, 0.5) is 9.93 Å². The molecule has 1 saturated heterocycles. The number of aromatic nitrogens is 1. The molecule has 190 valence electrons. The van der Waals surface area contributed by atoms with Gasteiger partial charge >= 0.3 is 6.09 Å². The number of halogens is 2. The Morgan fingerprint density at radius 3 is 2.44 bits per heavy atom. The first-order valence-corrected chi connectivity index (χ1v) is 14.0. The van der Waals surface area contributed by atoms with Crippen LogP contribution in [0.5, 0.6) is 0 Å². The fourth-order valence-corrected chi connectivity index (χ4v) is 6.09. The summed E-state index contributed by atoms with van der Waals surface area (Å²) in [5.74, 6) is -0.430. The van der Waals surface area contributed by atoms with Crippen LogP contribution in [0.1, 0.15) is 17.3 Å². The first-order valence-electron chi connectivity index (χ1n) is 10.9. The number of carbonyl (C=O) groups excluding carboxylic acids is 2. The van der Waals surface area contributed by atoms with Gasteiger partial charge in [-0.15, -0.1) is 11.3 Å². The van der Waals surface area contributed by atoms with E-state index in [2.05, 4.69) is 10.3 Å². The van der Waals surface area contributed by atoms with Crippen LogP contribution in [0.15, 0.2) is 52.7 Å². The van der Waals surface area contributed by atoms with Crippen LogP contribution in [-0.4, -0.2) is 67.4 Å². The van der Waals surface area contributed by atoms with Crippen LogP contribution >= 0.6 is 34.5 Å². The molecular formula is C23H22Cl2N4O5S2. The third-order valence-electron chi connectivity index (χ3n) is 5.45. The largest absolute Gasteiger partial charge is 0.450 e. The summed E-state index contributed by atoms with van der Waals surface area (Å²) in [4.78, 5) is 30.5. The minimum Gasteiger partial charge on any atom is -0.450 e. The average Bonchev–Trinajstić information content (AvgIpc) is 3.34. The highest BCUT2D eigenvalue weighted by Crippen LogP contribution is 2.32. The lowest BCUT2D eigenvalue weighted by atomic mass is 10.2. The van der Waals surface area contributed by atoms with E-state index in [1.165, 1.54) is 44.8 Å². The van der Waals surface area contributed by atoms with Crippen LogP contribution in [-0.2, 0) is 14.8 Å². The van der Waals surface area contributed by atoms with Gasteiger partial charge in [0.15, 0.2) is 5.13 Å². The molecule has 9 nitrogen and oxygen atoms in total. The van der Waals surface area contributed by atoms with E-state index in [1.54, 1.807) is 30.5 Å². The van der Waals surface area contributed by atoms with Gasteiger partial charge in [-0.1, -0.05) is 23.2 Å². The monoisotopic (exact) mass is 568 g/mol. The second kappa shape index (κ2) is 11.1. The zero-order valence-electron chi connectivity index (χ0n) is 19.1. The molecule has 13 heteroatoms. The molecule has 1 aromatic heterocycles. The van der Waals surface area contributed by atoms with Crippen LogP contribution in [0, 0.1) is 0 Å². The fourth-order valence-electron chi connectivity index (χ4n) is 3.57. The Hall–Kier alpha value is -2.70. The number of sulfonamides is 1. The van der Waals surface area contributed by atoms with E-state index in [0.29, 0.717) is 26.4 Å². The van der Waals surface area contributed by atoms with Crippen molar-refractivity contribution in [3.63, 3.8) is 0 Å². The van der Waals surface area contributed by atoms with E-state index in [-0.39, 0.29) is 43.2 Å². The molecule has 1 fully saturated rings. The van der Waals surface area contributed by atoms with Gasteiger partial charge in [0, 0.05) is 47.7 Å².